The number of hydrogen-bond donors (Lipinski definition) is 1. The Bertz CT molecular complexity index is 510. The van der Waals surface area contributed by atoms with Crippen LogP contribution in [0.1, 0.15) is 17.0 Å². The molecular weight excluding hydrogens is 298 g/mol. The Morgan fingerprint density at radius 1 is 1.35 bits per heavy atom. The molecule has 17 heavy (non-hydrogen) atoms. The number of nitrogens with two attached hydrogens (primary N) is 1. The predicted octanol–water partition coefficient (Wildman–Crippen LogP) is 3.17. The van der Waals surface area contributed by atoms with E-state index in [0.717, 1.165) is 32.9 Å². The molecule has 0 amide bonds. The molecule has 0 atom stereocenters. The zero-order valence-electron chi connectivity index (χ0n) is 9.61. The van der Waals surface area contributed by atoms with Gasteiger partial charge in [0.15, 0.2) is 0 Å². The molecule has 0 spiro atoms. The number of aryl methyl sites for hydroxylation is 1. The van der Waals surface area contributed by atoms with Gasteiger partial charge in [0, 0.05) is 16.5 Å². The minimum Gasteiger partial charge on any atom is -0.330 e. The Balaban J connectivity index is 2.27. The zero-order valence-corrected chi connectivity index (χ0v) is 12.0. The number of benzene rings is 1. The lowest BCUT2D eigenvalue weighted by Gasteiger charge is -2.02. The standard InChI is InChI=1S/C12H14BrN3S/c1-8-9(4-2-5-10(8)13)12-16-15-11(17-12)6-3-7-14/h2,4-5H,3,6-7,14H2,1H3. The molecule has 1 aromatic heterocycles. The van der Waals surface area contributed by atoms with Crippen LogP contribution in [0.2, 0.25) is 0 Å². The van der Waals surface area contributed by atoms with E-state index >= 15 is 0 Å². The van der Waals surface area contributed by atoms with Gasteiger partial charge >= 0.3 is 0 Å². The average Bonchev–Trinajstić information content (AvgIpc) is 2.78. The monoisotopic (exact) mass is 311 g/mol. The van der Waals surface area contributed by atoms with Crippen LogP contribution in [0.25, 0.3) is 10.6 Å². The van der Waals surface area contributed by atoms with Crippen molar-refractivity contribution in [3.05, 3.63) is 33.2 Å². The normalized spacial score (nSPS) is 10.8. The van der Waals surface area contributed by atoms with Gasteiger partial charge in [-0.25, -0.2) is 0 Å². The fourth-order valence-electron chi connectivity index (χ4n) is 1.56. The molecular formula is C12H14BrN3S. The van der Waals surface area contributed by atoms with Crippen molar-refractivity contribution in [2.75, 3.05) is 6.54 Å². The summed E-state index contributed by atoms with van der Waals surface area (Å²) in [5, 5.41) is 10.5. The third kappa shape index (κ3) is 2.91. The number of hydrogen-bond acceptors (Lipinski definition) is 4. The second-order valence-electron chi connectivity index (χ2n) is 3.81. The Morgan fingerprint density at radius 2 is 2.18 bits per heavy atom. The van der Waals surface area contributed by atoms with Crippen LogP contribution in [0.4, 0.5) is 0 Å². The van der Waals surface area contributed by atoms with Crippen molar-refractivity contribution in [2.24, 2.45) is 5.73 Å². The van der Waals surface area contributed by atoms with Gasteiger partial charge < -0.3 is 5.73 Å². The SMILES string of the molecule is Cc1c(Br)cccc1-c1nnc(CCCN)s1. The second kappa shape index (κ2) is 5.71. The maximum atomic E-state index is 5.49. The zero-order chi connectivity index (χ0) is 12.3. The minimum absolute atomic E-state index is 0.699. The van der Waals surface area contributed by atoms with Gasteiger partial charge in [-0.2, -0.15) is 0 Å². The van der Waals surface area contributed by atoms with Crippen molar-refractivity contribution in [2.45, 2.75) is 19.8 Å². The maximum Gasteiger partial charge on any atom is 0.148 e. The highest BCUT2D eigenvalue weighted by Crippen LogP contribution is 2.30. The molecule has 1 heterocycles. The molecule has 0 radical (unpaired) electrons. The molecule has 0 aliphatic rings. The molecule has 5 heteroatoms. The summed E-state index contributed by atoms with van der Waals surface area (Å²) in [6.07, 6.45) is 1.88. The van der Waals surface area contributed by atoms with Crippen LogP contribution in [0.5, 0.6) is 0 Å². The van der Waals surface area contributed by atoms with Gasteiger partial charge in [-0.05, 0) is 31.5 Å². The molecule has 90 valence electrons. The van der Waals surface area contributed by atoms with Crippen molar-refractivity contribution in [3.8, 4) is 10.6 Å². The Kier molecular flexibility index (Phi) is 4.25. The summed E-state index contributed by atoms with van der Waals surface area (Å²) in [6, 6.07) is 6.13. The fourth-order valence-corrected chi connectivity index (χ4v) is 2.89. The van der Waals surface area contributed by atoms with Crippen LogP contribution in [0, 0.1) is 6.92 Å². The Labute approximate surface area is 113 Å². The summed E-state index contributed by atoms with van der Waals surface area (Å²) in [5.41, 5.74) is 7.84. The molecule has 1 aromatic carbocycles. The van der Waals surface area contributed by atoms with Crippen LogP contribution < -0.4 is 5.73 Å². The van der Waals surface area contributed by atoms with Crippen LogP contribution in [-0.2, 0) is 6.42 Å². The third-order valence-corrected chi connectivity index (χ3v) is 4.44. The number of aromatic nitrogens is 2. The van der Waals surface area contributed by atoms with E-state index in [4.69, 9.17) is 5.73 Å². The van der Waals surface area contributed by atoms with E-state index in [9.17, 15) is 0 Å². The largest absolute Gasteiger partial charge is 0.330 e. The lowest BCUT2D eigenvalue weighted by atomic mass is 10.1. The Morgan fingerprint density at radius 3 is 2.94 bits per heavy atom. The molecule has 0 bridgehead atoms. The highest BCUT2D eigenvalue weighted by molar-refractivity contribution is 9.10. The maximum absolute atomic E-state index is 5.49. The summed E-state index contributed by atoms with van der Waals surface area (Å²) in [5.74, 6) is 0. The van der Waals surface area contributed by atoms with Crippen LogP contribution in [0.15, 0.2) is 22.7 Å². The Hall–Kier alpha value is -0.780. The molecule has 2 rings (SSSR count). The van der Waals surface area contributed by atoms with Crippen molar-refractivity contribution in [3.63, 3.8) is 0 Å². The molecule has 0 saturated heterocycles. The summed E-state index contributed by atoms with van der Waals surface area (Å²) in [6.45, 7) is 2.78. The smallest absolute Gasteiger partial charge is 0.148 e. The molecule has 2 aromatic rings. The highest BCUT2D eigenvalue weighted by atomic mass is 79.9. The molecule has 0 aliphatic heterocycles. The van der Waals surface area contributed by atoms with Crippen molar-refractivity contribution < 1.29 is 0 Å². The first-order chi connectivity index (χ1) is 8.22. The van der Waals surface area contributed by atoms with Gasteiger partial charge in [0.2, 0.25) is 0 Å². The molecule has 0 saturated carbocycles. The van der Waals surface area contributed by atoms with Crippen molar-refractivity contribution in [1.29, 1.82) is 0 Å². The first-order valence-corrected chi connectivity index (χ1v) is 7.11. The van der Waals surface area contributed by atoms with E-state index in [1.54, 1.807) is 11.3 Å². The molecule has 2 N–H and O–H groups in total. The summed E-state index contributed by atoms with van der Waals surface area (Å²) in [4.78, 5) is 0. The van der Waals surface area contributed by atoms with Gasteiger partial charge in [-0.1, -0.05) is 39.4 Å². The summed E-state index contributed by atoms with van der Waals surface area (Å²) < 4.78 is 1.11. The van der Waals surface area contributed by atoms with Crippen molar-refractivity contribution >= 4 is 27.3 Å². The van der Waals surface area contributed by atoms with E-state index in [2.05, 4.69) is 39.1 Å². The topological polar surface area (TPSA) is 51.8 Å². The predicted molar refractivity (Wildman–Crippen MR) is 75.2 cm³/mol. The number of nitrogens with zero attached hydrogens (tertiary/aromatic N) is 2. The first kappa shape index (κ1) is 12.7. The quantitative estimate of drug-likeness (QED) is 0.943. The van der Waals surface area contributed by atoms with E-state index < -0.39 is 0 Å². The van der Waals surface area contributed by atoms with Crippen LogP contribution >= 0.6 is 27.3 Å². The molecule has 3 nitrogen and oxygen atoms in total. The number of rotatable bonds is 4. The van der Waals surface area contributed by atoms with Gasteiger partial charge in [-0.15, -0.1) is 10.2 Å². The molecule has 0 fully saturated rings. The van der Waals surface area contributed by atoms with E-state index in [1.807, 2.05) is 12.1 Å². The lowest BCUT2D eigenvalue weighted by Crippen LogP contribution is -1.99. The van der Waals surface area contributed by atoms with E-state index in [1.165, 1.54) is 5.56 Å². The van der Waals surface area contributed by atoms with Gasteiger partial charge in [-0.3, -0.25) is 0 Å². The lowest BCUT2D eigenvalue weighted by molar-refractivity contribution is 0.812. The number of halogens is 1. The van der Waals surface area contributed by atoms with Gasteiger partial charge in [0.1, 0.15) is 10.0 Å². The highest BCUT2D eigenvalue weighted by Gasteiger charge is 2.10. The van der Waals surface area contributed by atoms with Gasteiger partial charge in [0.05, 0.1) is 0 Å². The third-order valence-electron chi connectivity index (χ3n) is 2.56. The van der Waals surface area contributed by atoms with Gasteiger partial charge in [0.25, 0.3) is 0 Å². The fraction of sp³-hybridized carbons (Fsp3) is 0.333. The molecule has 0 unspecified atom stereocenters. The second-order valence-corrected chi connectivity index (χ2v) is 5.72. The van der Waals surface area contributed by atoms with E-state index in [-0.39, 0.29) is 0 Å². The van der Waals surface area contributed by atoms with Crippen LogP contribution in [-0.4, -0.2) is 16.7 Å². The van der Waals surface area contributed by atoms with Crippen molar-refractivity contribution in [1.82, 2.24) is 10.2 Å². The van der Waals surface area contributed by atoms with E-state index in [0.29, 0.717) is 6.54 Å². The summed E-state index contributed by atoms with van der Waals surface area (Å²) in [7, 11) is 0. The average molecular weight is 312 g/mol. The minimum atomic E-state index is 0.699. The van der Waals surface area contributed by atoms with Crippen LogP contribution in [0.3, 0.4) is 0 Å². The first-order valence-electron chi connectivity index (χ1n) is 5.50. The summed E-state index contributed by atoms with van der Waals surface area (Å²) >= 11 is 5.18. The molecule has 0 aliphatic carbocycles.